The maximum Gasteiger partial charge on any atom is 0.420 e. The molecule has 74 valence electrons. The molecular formula is C7H4F3N3S. The molecule has 0 saturated carbocycles. The molecule has 2 heterocycles. The molecule has 0 aliphatic rings. The first-order chi connectivity index (χ1) is 6.50. The third-order valence-corrected chi connectivity index (χ3v) is 2.03. The molecule has 0 atom stereocenters. The lowest BCUT2D eigenvalue weighted by atomic mass is 10.2. The Hall–Kier alpha value is -1.24. The van der Waals surface area contributed by atoms with Gasteiger partial charge in [-0.1, -0.05) is 0 Å². The Balaban J connectivity index is 2.79. The van der Waals surface area contributed by atoms with Crippen LogP contribution in [0.1, 0.15) is 5.56 Å². The number of nitrogens with zero attached hydrogens (tertiary/aromatic N) is 3. The monoisotopic (exact) mass is 219 g/mol. The smallest absolute Gasteiger partial charge is 0.277 e. The lowest BCUT2D eigenvalue weighted by molar-refractivity contribution is -0.136. The van der Waals surface area contributed by atoms with Crippen molar-refractivity contribution in [2.45, 2.75) is 11.3 Å². The molecule has 7 heteroatoms. The van der Waals surface area contributed by atoms with Crippen LogP contribution >= 0.6 is 12.6 Å². The van der Waals surface area contributed by atoms with Gasteiger partial charge in [-0.2, -0.15) is 13.2 Å². The van der Waals surface area contributed by atoms with Crippen LogP contribution < -0.4 is 0 Å². The van der Waals surface area contributed by atoms with Crippen LogP contribution in [0.5, 0.6) is 0 Å². The molecule has 0 bridgehead atoms. The van der Waals surface area contributed by atoms with Gasteiger partial charge in [0.25, 0.3) is 0 Å². The summed E-state index contributed by atoms with van der Waals surface area (Å²) in [7, 11) is 0. The summed E-state index contributed by atoms with van der Waals surface area (Å²) in [4.78, 5) is 0. The van der Waals surface area contributed by atoms with Crippen molar-refractivity contribution >= 4 is 18.3 Å². The van der Waals surface area contributed by atoms with Crippen molar-refractivity contribution in [3.63, 3.8) is 0 Å². The molecular weight excluding hydrogens is 215 g/mol. The summed E-state index contributed by atoms with van der Waals surface area (Å²) >= 11 is 3.87. The SMILES string of the molecule is FC(F)(F)c1cccn2c(S)nnc12. The largest absolute Gasteiger partial charge is 0.420 e. The molecule has 0 radical (unpaired) electrons. The Morgan fingerprint density at radius 3 is 2.64 bits per heavy atom. The minimum atomic E-state index is -4.42. The highest BCUT2D eigenvalue weighted by molar-refractivity contribution is 7.80. The van der Waals surface area contributed by atoms with Crippen LogP contribution in [-0.4, -0.2) is 14.6 Å². The maximum atomic E-state index is 12.4. The van der Waals surface area contributed by atoms with E-state index in [0.29, 0.717) is 0 Å². The van der Waals surface area contributed by atoms with Gasteiger partial charge in [-0.15, -0.1) is 22.8 Å². The van der Waals surface area contributed by atoms with E-state index in [-0.39, 0.29) is 10.8 Å². The summed E-state index contributed by atoms with van der Waals surface area (Å²) in [6.07, 6.45) is -3.00. The summed E-state index contributed by atoms with van der Waals surface area (Å²) in [6, 6.07) is 2.23. The molecule has 2 aromatic heterocycles. The number of thiol groups is 1. The summed E-state index contributed by atoms with van der Waals surface area (Å²) in [6.45, 7) is 0. The van der Waals surface area contributed by atoms with Gasteiger partial charge in [0.15, 0.2) is 10.8 Å². The van der Waals surface area contributed by atoms with Gasteiger partial charge >= 0.3 is 6.18 Å². The first-order valence-electron chi connectivity index (χ1n) is 3.60. The van der Waals surface area contributed by atoms with Gasteiger partial charge < -0.3 is 0 Å². The molecule has 0 amide bonds. The second-order valence-corrected chi connectivity index (χ2v) is 3.01. The molecule has 0 aliphatic heterocycles. The van der Waals surface area contributed by atoms with Gasteiger partial charge in [-0.05, 0) is 12.1 Å². The van der Waals surface area contributed by atoms with Gasteiger partial charge in [0.05, 0.1) is 0 Å². The molecule has 3 nitrogen and oxygen atoms in total. The number of alkyl halides is 3. The average Bonchev–Trinajstić information content (AvgIpc) is 2.46. The molecule has 0 unspecified atom stereocenters. The standard InChI is InChI=1S/C7H4F3N3S/c8-7(9,10)4-2-1-3-13-5(4)11-12-6(13)14/h1-3H,(H,12,14). The zero-order valence-electron chi connectivity index (χ0n) is 6.65. The number of rotatable bonds is 0. The lowest BCUT2D eigenvalue weighted by Crippen LogP contribution is -2.07. The average molecular weight is 219 g/mol. The van der Waals surface area contributed by atoms with E-state index in [2.05, 4.69) is 22.8 Å². The summed E-state index contributed by atoms with van der Waals surface area (Å²) in [5.74, 6) is 0. The van der Waals surface area contributed by atoms with Crippen molar-refractivity contribution in [1.82, 2.24) is 14.6 Å². The third kappa shape index (κ3) is 1.33. The van der Waals surface area contributed by atoms with Crippen LogP contribution in [-0.2, 0) is 6.18 Å². The fraction of sp³-hybridized carbons (Fsp3) is 0.143. The molecule has 0 spiro atoms. The van der Waals surface area contributed by atoms with E-state index in [4.69, 9.17) is 0 Å². The van der Waals surface area contributed by atoms with Crippen molar-refractivity contribution in [2.24, 2.45) is 0 Å². The second kappa shape index (κ2) is 2.88. The topological polar surface area (TPSA) is 30.2 Å². The van der Waals surface area contributed by atoms with Crippen LogP contribution in [0.4, 0.5) is 13.2 Å². The Morgan fingerprint density at radius 2 is 2.00 bits per heavy atom. The predicted octanol–water partition coefficient (Wildman–Crippen LogP) is 2.04. The molecule has 0 aliphatic carbocycles. The van der Waals surface area contributed by atoms with Crippen LogP contribution in [0.3, 0.4) is 0 Å². The van der Waals surface area contributed by atoms with Crippen molar-refractivity contribution in [3.05, 3.63) is 23.9 Å². The van der Waals surface area contributed by atoms with Crippen LogP contribution in [0, 0.1) is 0 Å². The van der Waals surface area contributed by atoms with Crippen LogP contribution in [0.2, 0.25) is 0 Å². The number of aromatic nitrogens is 3. The minimum absolute atomic E-state index is 0.131. The van der Waals surface area contributed by atoms with Crippen LogP contribution in [0.15, 0.2) is 23.5 Å². The molecule has 0 aromatic carbocycles. The maximum absolute atomic E-state index is 12.4. The number of pyridine rings is 1. The van der Waals surface area contributed by atoms with Crippen molar-refractivity contribution in [2.75, 3.05) is 0 Å². The molecule has 0 N–H and O–H groups in total. The highest BCUT2D eigenvalue weighted by atomic mass is 32.1. The minimum Gasteiger partial charge on any atom is -0.277 e. The molecule has 2 aromatic rings. The fourth-order valence-corrected chi connectivity index (χ4v) is 1.33. The zero-order valence-corrected chi connectivity index (χ0v) is 7.55. The van der Waals surface area contributed by atoms with Gasteiger partial charge in [0, 0.05) is 6.20 Å². The van der Waals surface area contributed by atoms with Gasteiger partial charge in [0.2, 0.25) is 0 Å². The van der Waals surface area contributed by atoms with Gasteiger partial charge in [0.1, 0.15) is 5.56 Å². The van der Waals surface area contributed by atoms with Crippen molar-refractivity contribution in [3.8, 4) is 0 Å². The number of hydrogen-bond acceptors (Lipinski definition) is 3. The number of fused-ring (bicyclic) bond motifs is 1. The Bertz CT molecular complexity index is 476. The second-order valence-electron chi connectivity index (χ2n) is 2.61. The number of hydrogen-bond donors (Lipinski definition) is 1. The zero-order chi connectivity index (χ0) is 10.3. The van der Waals surface area contributed by atoms with Gasteiger partial charge in [-0.3, -0.25) is 4.40 Å². The highest BCUT2D eigenvalue weighted by Gasteiger charge is 2.34. The van der Waals surface area contributed by atoms with E-state index in [0.717, 1.165) is 6.07 Å². The summed E-state index contributed by atoms with van der Waals surface area (Å²) in [5.41, 5.74) is -1.04. The Morgan fingerprint density at radius 1 is 1.29 bits per heavy atom. The van der Waals surface area contributed by atoms with Gasteiger partial charge in [-0.25, -0.2) is 0 Å². The highest BCUT2D eigenvalue weighted by Crippen LogP contribution is 2.31. The van der Waals surface area contributed by atoms with Crippen LogP contribution in [0.25, 0.3) is 5.65 Å². The lowest BCUT2D eigenvalue weighted by Gasteiger charge is -2.06. The molecule has 0 fully saturated rings. The van der Waals surface area contributed by atoms with Crippen molar-refractivity contribution < 1.29 is 13.2 Å². The summed E-state index contributed by atoms with van der Waals surface area (Å²) in [5, 5.41) is 6.98. The number of halogens is 3. The Labute approximate surface area is 82.0 Å². The van der Waals surface area contributed by atoms with E-state index in [1.165, 1.54) is 16.7 Å². The normalized spacial score (nSPS) is 12.3. The quantitative estimate of drug-likeness (QED) is 0.687. The molecule has 0 saturated heterocycles. The van der Waals surface area contributed by atoms with Crippen molar-refractivity contribution in [1.29, 1.82) is 0 Å². The Kier molecular flexibility index (Phi) is 1.91. The first-order valence-corrected chi connectivity index (χ1v) is 4.05. The molecule has 2 rings (SSSR count). The van der Waals surface area contributed by atoms with E-state index in [1.54, 1.807) is 0 Å². The van der Waals surface area contributed by atoms with E-state index in [1.807, 2.05) is 0 Å². The van der Waals surface area contributed by atoms with E-state index >= 15 is 0 Å². The van der Waals surface area contributed by atoms with E-state index < -0.39 is 11.7 Å². The predicted molar refractivity (Wildman–Crippen MR) is 45.2 cm³/mol. The summed E-state index contributed by atoms with van der Waals surface area (Å²) < 4.78 is 38.4. The molecule has 14 heavy (non-hydrogen) atoms. The first kappa shape index (κ1) is 9.32. The fourth-order valence-electron chi connectivity index (χ4n) is 1.13. The third-order valence-electron chi connectivity index (χ3n) is 1.72. The van der Waals surface area contributed by atoms with E-state index in [9.17, 15) is 13.2 Å².